The molecule has 0 amide bonds. The zero-order valence-corrected chi connectivity index (χ0v) is 21.8. The van der Waals surface area contributed by atoms with Crippen molar-refractivity contribution in [3.05, 3.63) is 121 Å². The van der Waals surface area contributed by atoms with Crippen LogP contribution in [0.3, 0.4) is 0 Å². The number of para-hydroxylation sites is 2. The predicted octanol–water partition coefficient (Wildman–Crippen LogP) is 8.26. The quantitative estimate of drug-likeness (QED) is 0.191. The lowest BCUT2D eigenvalue weighted by atomic mass is 10.0. The molecule has 6 heteroatoms. The van der Waals surface area contributed by atoms with E-state index in [0.717, 1.165) is 68.1 Å². The van der Waals surface area contributed by atoms with Gasteiger partial charge >= 0.3 is 0 Å². The molecule has 6 rings (SSSR count). The fourth-order valence-corrected chi connectivity index (χ4v) is 5.41. The van der Waals surface area contributed by atoms with Crippen molar-refractivity contribution < 1.29 is 4.74 Å². The smallest absolute Gasteiger partial charge is 0.191 e. The van der Waals surface area contributed by atoms with Gasteiger partial charge in [0.25, 0.3) is 0 Å². The molecule has 2 heterocycles. The Morgan fingerprint density at radius 2 is 1.47 bits per heavy atom. The van der Waals surface area contributed by atoms with Crippen LogP contribution in [-0.2, 0) is 12.3 Å². The lowest BCUT2D eigenvalue weighted by Crippen LogP contribution is -2.01. The second-order valence-electron chi connectivity index (χ2n) is 8.84. The van der Waals surface area contributed by atoms with E-state index in [1.54, 1.807) is 11.8 Å². The van der Waals surface area contributed by atoms with E-state index in [4.69, 9.17) is 9.72 Å². The van der Waals surface area contributed by atoms with Crippen LogP contribution in [0, 0.1) is 0 Å². The van der Waals surface area contributed by atoms with Crippen molar-refractivity contribution in [2.45, 2.75) is 24.4 Å². The van der Waals surface area contributed by atoms with E-state index in [9.17, 15) is 0 Å². The number of thioether (sulfide) groups is 1. The first-order chi connectivity index (χ1) is 18.8. The van der Waals surface area contributed by atoms with E-state index < -0.39 is 0 Å². The van der Waals surface area contributed by atoms with Gasteiger partial charge in [-0.2, -0.15) is 0 Å². The molecule has 0 spiro atoms. The molecule has 0 saturated heterocycles. The number of hydrogen-bond acceptors (Lipinski definition) is 5. The van der Waals surface area contributed by atoms with Gasteiger partial charge in [-0.25, -0.2) is 4.98 Å². The lowest BCUT2D eigenvalue weighted by molar-refractivity contribution is 0.482. The number of nitrogens with zero attached hydrogens (tertiary/aromatic N) is 4. The molecule has 5 nitrogen and oxygen atoms in total. The molecule has 0 atom stereocenters. The minimum Gasteiger partial charge on any atom is -0.457 e. The zero-order chi connectivity index (χ0) is 25.7. The second-order valence-corrected chi connectivity index (χ2v) is 9.78. The first kappa shape index (κ1) is 23.9. The average Bonchev–Trinajstić information content (AvgIpc) is 3.39. The summed E-state index contributed by atoms with van der Waals surface area (Å²) in [7, 11) is 0. The zero-order valence-electron chi connectivity index (χ0n) is 21.0. The van der Waals surface area contributed by atoms with E-state index >= 15 is 0 Å². The highest BCUT2D eigenvalue weighted by atomic mass is 32.2. The molecule has 0 fully saturated rings. The van der Waals surface area contributed by atoms with Crippen molar-refractivity contribution in [1.29, 1.82) is 0 Å². The molecule has 0 aliphatic carbocycles. The van der Waals surface area contributed by atoms with Gasteiger partial charge in [-0.15, -0.1) is 10.2 Å². The van der Waals surface area contributed by atoms with Gasteiger partial charge in [0.1, 0.15) is 11.5 Å². The first-order valence-electron chi connectivity index (χ1n) is 12.6. The third-order valence-electron chi connectivity index (χ3n) is 6.30. The van der Waals surface area contributed by atoms with Gasteiger partial charge in [-0.3, -0.25) is 0 Å². The molecule has 0 radical (unpaired) electrons. The Kier molecular flexibility index (Phi) is 6.87. The number of benzene rings is 4. The van der Waals surface area contributed by atoms with Crippen molar-refractivity contribution in [2.24, 2.45) is 0 Å². The third kappa shape index (κ3) is 5.04. The van der Waals surface area contributed by atoms with Gasteiger partial charge in [0.05, 0.1) is 11.2 Å². The predicted molar refractivity (Wildman–Crippen MR) is 154 cm³/mol. The lowest BCUT2D eigenvalue weighted by Gasteiger charge is -2.12. The highest BCUT2D eigenvalue weighted by Crippen LogP contribution is 2.34. The summed E-state index contributed by atoms with van der Waals surface area (Å²) in [4.78, 5) is 4.93. The van der Waals surface area contributed by atoms with Crippen molar-refractivity contribution in [2.75, 3.05) is 0 Å². The number of hydrogen-bond donors (Lipinski definition) is 0. The van der Waals surface area contributed by atoms with E-state index in [0.29, 0.717) is 0 Å². The molecule has 0 aliphatic heterocycles. The Labute approximate surface area is 226 Å². The summed E-state index contributed by atoms with van der Waals surface area (Å²) in [6.07, 6.45) is 0. The van der Waals surface area contributed by atoms with Crippen LogP contribution in [0.15, 0.2) is 120 Å². The molecule has 6 aromatic rings. The van der Waals surface area contributed by atoms with Crippen molar-refractivity contribution in [1.82, 2.24) is 19.7 Å². The molecule has 0 aliphatic rings. The number of rotatable bonds is 8. The molecular formula is C32H26N4OS. The van der Waals surface area contributed by atoms with Gasteiger partial charge < -0.3 is 9.30 Å². The standard InChI is InChI=1S/C32H26N4OS/c1-2-36-31(28-21-30(24-13-5-3-6-14-24)33-29-19-10-9-18-27(28)29)34-35-32(36)38-22-23-12-11-17-26(20-23)37-25-15-7-4-8-16-25/h3-21H,2,22H2,1H3. The minimum absolute atomic E-state index is 0.760. The van der Waals surface area contributed by atoms with Crippen LogP contribution in [0.25, 0.3) is 33.5 Å². The summed E-state index contributed by atoms with van der Waals surface area (Å²) >= 11 is 1.68. The molecule has 186 valence electrons. The SMILES string of the molecule is CCn1c(SCc2cccc(Oc3ccccc3)c2)nnc1-c1cc(-c2ccccc2)nc2ccccc12. The van der Waals surface area contributed by atoms with Gasteiger partial charge in [-0.05, 0) is 48.9 Å². The van der Waals surface area contributed by atoms with Crippen molar-refractivity contribution >= 4 is 22.7 Å². The number of ether oxygens (including phenoxy) is 1. The largest absolute Gasteiger partial charge is 0.457 e. The Hall–Kier alpha value is -4.42. The third-order valence-corrected chi connectivity index (χ3v) is 7.34. The van der Waals surface area contributed by atoms with E-state index in [1.165, 1.54) is 0 Å². The molecule has 0 saturated carbocycles. The van der Waals surface area contributed by atoms with Gasteiger partial charge in [0.15, 0.2) is 11.0 Å². The number of pyridine rings is 1. The summed E-state index contributed by atoms with van der Waals surface area (Å²) in [5.41, 5.74) is 5.15. The maximum Gasteiger partial charge on any atom is 0.191 e. The van der Waals surface area contributed by atoms with E-state index in [2.05, 4.69) is 64.2 Å². The van der Waals surface area contributed by atoms with Crippen molar-refractivity contribution in [3.8, 4) is 34.1 Å². The Balaban J connectivity index is 1.30. The van der Waals surface area contributed by atoms with Crippen LogP contribution < -0.4 is 4.74 Å². The van der Waals surface area contributed by atoms with Gasteiger partial charge in [0, 0.05) is 28.8 Å². The van der Waals surface area contributed by atoms with Crippen LogP contribution >= 0.6 is 11.8 Å². The minimum atomic E-state index is 0.760. The van der Waals surface area contributed by atoms with Crippen LogP contribution in [0.5, 0.6) is 11.5 Å². The molecule has 2 aromatic heterocycles. The average molecular weight is 515 g/mol. The summed E-state index contributed by atoms with van der Waals surface area (Å²) in [5, 5.41) is 11.2. The number of fused-ring (bicyclic) bond motifs is 1. The highest BCUT2D eigenvalue weighted by molar-refractivity contribution is 7.98. The van der Waals surface area contributed by atoms with Crippen molar-refractivity contribution in [3.63, 3.8) is 0 Å². The molecule has 0 unspecified atom stereocenters. The Bertz CT molecular complexity index is 1680. The van der Waals surface area contributed by atoms with Crippen LogP contribution in [0.4, 0.5) is 0 Å². The summed E-state index contributed by atoms with van der Waals surface area (Å²) in [5.74, 6) is 3.26. The van der Waals surface area contributed by atoms with Gasteiger partial charge in [-0.1, -0.05) is 90.6 Å². The second kappa shape index (κ2) is 10.9. The Morgan fingerprint density at radius 1 is 0.737 bits per heavy atom. The molecule has 0 bridgehead atoms. The van der Waals surface area contributed by atoms with E-state index in [-0.39, 0.29) is 0 Å². The maximum absolute atomic E-state index is 6.02. The van der Waals surface area contributed by atoms with Crippen LogP contribution in [0.1, 0.15) is 12.5 Å². The molecular weight excluding hydrogens is 488 g/mol. The molecule has 4 aromatic carbocycles. The van der Waals surface area contributed by atoms with Crippen LogP contribution in [0.2, 0.25) is 0 Å². The van der Waals surface area contributed by atoms with E-state index in [1.807, 2.05) is 72.8 Å². The maximum atomic E-state index is 6.02. The van der Waals surface area contributed by atoms with Crippen LogP contribution in [-0.4, -0.2) is 19.7 Å². The topological polar surface area (TPSA) is 52.8 Å². The monoisotopic (exact) mass is 514 g/mol. The fourth-order valence-electron chi connectivity index (χ4n) is 4.47. The summed E-state index contributed by atoms with van der Waals surface area (Å²) in [6.45, 7) is 2.89. The van der Waals surface area contributed by atoms with Gasteiger partial charge in [0.2, 0.25) is 0 Å². The normalized spacial score (nSPS) is 11.1. The fraction of sp³-hybridized carbons (Fsp3) is 0.0938. The first-order valence-corrected chi connectivity index (χ1v) is 13.6. The molecule has 38 heavy (non-hydrogen) atoms. The number of aromatic nitrogens is 4. The highest BCUT2D eigenvalue weighted by Gasteiger charge is 2.18. The molecule has 0 N–H and O–H groups in total. The summed E-state index contributed by atoms with van der Waals surface area (Å²) < 4.78 is 8.20. The Morgan fingerprint density at radius 3 is 2.29 bits per heavy atom. The summed E-state index contributed by atoms with van der Waals surface area (Å²) in [6, 6.07) is 38.7.